The minimum Gasteiger partial charge on any atom is -0.326 e. The number of imide groups is 1. The summed E-state index contributed by atoms with van der Waals surface area (Å²) in [6.07, 6.45) is 2.45. The highest BCUT2D eigenvalue weighted by Gasteiger charge is 2.74. The van der Waals surface area contributed by atoms with Crippen LogP contribution in [0.5, 0.6) is 0 Å². The SMILES string of the molecule is CCCCN1C(=O)[C@H]2[C@@H](C1=O)[C@]1([NH2+][C@@H]2CC(C)C)C(=O)Nc2ccc(Cl)cc21. The number of unbranched alkanes of at least 4 members (excludes halogenated alkanes) is 1. The lowest BCUT2D eigenvalue weighted by Gasteiger charge is -2.26. The van der Waals surface area contributed by atoms with E-state index in [1.54, 1.807) is 18.2 Å². The molecule has 0 saturated carbocycles. The van der Waals surface area contributed by atoms with Crippen molar-refractivity contribution >= 4 is 35.0 Å². The number of nitrogens with zero attached hydrogens (tertiary/aromatic N) is 1. The lowest BCUT2D eigenvalue weighted by molar-refractivity contribution is -0.734. The summed E-state index contributed by atoms with van der Waals surface area (Å²) in [6, 6.07) is 5.17. The third-order valence-electron chi connectivity index (χ3n) is 6.40. The van der Waals surface area contributed by atoms with Crippen LogP contribution in [-0.4, -0.2) is 35.2 Å². The minimum absolute atomic E-state index is 0.108. The van der Waals surface area contributed by atoms with Gasteiger partial charge in [-0.1, -0.05) is 38.8 Å². The molecule has 7 heteroatoms. The number of carbonyl (C=O) groups is 3. The Bertz CT molecular complexity index is 855. The summed E-state index contributed by atoms with van der Waals surface area (Å²) in [4.78, 5) is 41.3. The fraction of sp³-hybridized carbons (Fsp3) is 0.571. The third-order valence-corrected chi connectivity index (χ3v) is 6.64. The van der Waals surface area contributed by atoms with Crippen molar-refractivity contribution in [2.75, 3.05) is 11.9 Å². The van der Waals surface area contributed by atoms with E-state index in [1.165, 1.54) is 4.90 Å². The Balaban J connectivity index is 1.84. The second kappa shape index (κ2) is 6.85. The number of rotatable bonds is 5. The number of amides is 3. The number of benzene rings is 1. The fourth-order valence-corrected chi connectivity index (χ4v) is 5.46. The van der Waals surface area contributed by atoms with Gasteiger partial charge in [-0.3, -0.25) is 19.3 Å². The predicted octanol–water partition coefficient (Wildman–Crippen LogP) is 1.88. The number of nitrogens with two attached hydrogens (primary N) is 1. The Morgan fingerprint density at radius 2 is 2.00 bits per heavy atom. The van der Waals surface area contributed by atoms with Gasteiger partial charge < -0.3 is 10.6 Å². The van der Waals surface area contributed by atoms with Crippen molar-refractivity contribution < 1.29 is 19.7 Å². The first-order chi connectivity index (χ1) is 13.3. The molecule has 28 heavy (non-hydrogen) atoms. The van der Waals surface area contributed by atoms with Gasteiger partial charge in [0.2, 0.25) is 17.4 Å². The van der Waals surface area contributed by atoms with Crippen LogP contribution in [0.1, 0.15) is 45.6 Å². The van der Waals surface area contributed by atoms with Crippen LogP contribution in [0, 0.1) is 17.8 Å². The zero-order valence-corrected chi connectivity index (χ0v) is 17.3. The van der Waals surface area contributed by atoms with Crippen LogP contribution >= 0.6 is 11.6 Å². The molecular weight excluding hydrogens is 378 g/mol. The van der Waals surface area contributed by atoms with Gasteiger partial charge in [0.15, 0.2) is 0 Å². The topological polar surface area (TPSA) is 83.1 Å². The number of likely N-dealkylation sites (tertiary alicyclic amines) is 1. The second-order valence-corrected chi connectivity index (χ2v) is 9.09. The Morgan fingerprint density at radius 1 is 1.25 bits per heavy atom. The zero-order valence-electron chi connectivity index (χ0n) is 16.5. The normalized spacial score (nSPS) is 31.1. The molecule has 150 valence electrons. The summed E-state index contributed by atoms with van der Waals surface area (Å²) in [5.74, 6) is -1.35. The quantitative estimate of drug-likeness (QED) is 0.735. The van der Waals surface area contributed by atoms with Crippen molar-refractivity contribution in [1.29, 1.82) is 0 Å². The number of hydrogen-bond donors (Lipinski definition) is 2. The number of nitrogens with one attached hydrogen (secondary N) is 1. The molecule has 0 aliphatic carbocycles. The Labute approximate surface area is 170 Å². The van der Waals surface area contributed by atoms with E-state index in [-0.39, 0.29) is 23.8 Å². The highest BCUT2D eigenvalue weighted by Crippen LogP contribution is 2.50. The highest BCUT2D eigenvalue weighted by atomic mass is 35.5. The summed E-state index contributed by atoms with van der Waals surface area (Å²) in [6.45, 7) is 6.66. The van der Waals surface area contributed by atoms with Gasteiger partial charge in [-0.05, 0) is 30.5 Å². The smallest absolute Gasteiger partial charge is 0.291 e. The van der Waals surface area contributed by atoms with Crippen LogP contribution in [0.25, 0.3) is 0 Å². The van der Waals surface area contributed by atoms with Crippen molar-refractivity contribution in [2.45, 2.75) is 51.6 Å². The molecule has 3 amide bonds. The third kappa shape index (κ3) is 2.61. The molecule has 1 aromatic carbocycles. The van der Waals surface area contributed by atoms with E-state index in [0.717, 1.165) is 24.8 Å². The van der Waals surface area contributed by atoms with Crippen molar-refractivity contribution in [2.24, 2.45) is 17.8 Å². The Morgan fingerprint density at radius 3 is 2.68 bits per heavy atom. The average Bonchev–Trinajstić information content (AvgIpc) is 3.19. The molecule has 4 rings (SSSR count). The maximum Gasteiger partial charge on any atom is 0.291 e. The molecule has 2 fully saturated rings. The first-order valence-electron chi connectivity index (χ1n) is 10.1. The lowest BCUT2D eigenvalue weighted by Crippen LogP contribution is -2.99. The van der Waals surface area contributed by atoms with Crippen molar-refractivity contribution in [1.82, 2.24) is 4.90 Å². The van der Waals surface area contributed by atoms with Gasteiger partial charge in [-0.25, -0.2) is 0 Å². The van der Waals surface area contributed by atoms with Gasteiger partial charge in [0.1, 0.15) is 17.9 Å². The molecule has 0 radical (unpaired) electrons. The van der Waals surface area contributed by atoms with E-state index in [1.807, 2.05) is 12.2 Å². The van der Waals surface area contributed by atoms with E-state index in [0.29, 0.717) is 23.2 Å². The molecular formula is C21H27ClN3O3+. The second-order valence-electron chi connectivity index (χ2n) is 8.66. The number of anilines is 1. The van der Waals surface area contributed by atoms with E-state index in [9.17, 15) is 14.4 Å². The van der Waals surface area contributed by atoms with E-state index >= 15 is 0 Å². The molecule has 6 nitrogen and oxygen atoms in total. The Hall–Kier alpha value is -1.92. The molecule has 2 saturated heterocycles. The summed E-state index contributed by atoms with van der Waals surface area (Å²) < 4.78 is 0. The number of carbonyl (C=O) groups excluding carboxylic acids is 3. The zero-order chi connectivity index (χ0) is 20.2. The van der Waals surface area contributed by atoms with Gasteiger partial charge >= 0.3 is 0 Å². The molecule has 0 aromatic heterocycles. The van der Waals surface area contributed by atoms with Crippen LogP contribution in [0.2, 0.25) is 5.02 Å². The molecule has 1 spiro atoms. The largest absolute Gasteiger partial charge is 0.326 e. The monoisotopic (exact) mass is 404 g/mol. The van der Waals surface area contributed by atoms with Gasteiger partial charge in [-0.2, -0.15) is 0 Å². The molecule has 4 atom stereocenters. The molecule has 0 unspecified atom stereocenters. The average molecular weight is 405 g/mol. The number of quaternary nitrogens is 1. The van der Waals surface area contributed by atoms with Crippen LogP contribution in [-0.2, 0) is 19.9 Å². The molecule has 1 aromatic rings. The number of hydrogen-bond acceptors (Lipinski definition) is 3. The van der Waals surface area contributed by atoms with Crippen LogP contribution in [0.3, 0.4) is 0 Å². The van der Waals surface area contributed by atoms with Crippen molar-refractivity contribution in [3.63, 3.8) is 0 Å². The molecule has 3 aliphatic rings. The molecule has 3 N–H and O–H groups in total. The summed E-state index contributed by atoms with van der Waals surface area (Å²) in [7, 11) is 0. The standard InChI is InChI=1S/C21H26ClN3O3/c1-4-5-8-25-18(26)16-15(9-11(2)3)24-21(17(16)19(25)27)13-10-12(22)6-7-14(13)23-20(21)28/h6-7,10-11,15-17,24H,4-5,8-9H2,1-3H3,(H,23,28)/p+1/t15-,16-,17+,21+/m1/s1. The van der Waals surface area contributed by atoms with Crippen LogP contribution < -0.4 is 10.6 Å². The van der Waals surface area contributed by atoms with Gasteiger partial charge in [0, 0.05) is 23.6 Å². The van der Waals surface area contributed by atoms with Crippen molar-refractivity contribution in [3.05, 3.63) is 28.8 Å². The van der Waals surface area contributed by atoms with E-state index in [4.69, 9.17) is 11.6 Å². The van der Waals surface area contributed by atoms with Crippen LogP contribution in [0.4, 0.5) is 5.69 Å². The minimum atomic E-state index is -1.11. The van der Waals surface area contributed by atoms with Gasteiger partial charge in [0.25, 0.3) is 5.91 Å². The summed E-state index contributed by atoms with van der Waals surface area (Å²) in [5.41, 5.74) is 0.296. The Kier molecular flexibility index (Phi) is 4.74. The van der Waals surface area contributed by atoms with Crippen LogP contribution in [0.15, 0.2) is 18.2 Å². The highest BCUT2D eigenvalue weighted by molar-refractivity contribution is 6.31. The number of halogens is 1. The molecule has 0 bridgehead atoms. The maximum absolute atomic E-state index is 13.4. The first kappa shape index (κ1) is 19.4. The maximum atomic E-state index is 13.4. The lowest BCUT2D eigenvalue weighted by atomic mass is 9.76. The molecule has 3 aliphatic heterocycles. The predicted molar refractivity (Wildman–Crippen MR) is 106 cm³/mol. The van der Waals surface area contributed by atoms with E-state index < -0.39 is 17.4 Å². The van der Waals surface area contributed by atoms with Gasteiger partial charge in [-0.15, -0.1) is 0 Å². The first-order valence-corrected chi connectivity index (χ1v) is 10.5. The fourth-order valence-electron chi connectivity index (χ4n) is 5.29. The van der Waals surface area contributed by atoms with Gasteiger partial charge in [0.05, 0.1) is 5.69 Å². The molecule has 3 heterocycles. The summed E-state index contributed by atoms with van der Waals surface area (Å²) in [5, 5.41) is 5.43. The summed E-state index contributed by atoms with van der Waals surface area (Å²) >= 11 is 6.24. The van der Waals surface area contributed by atoms with Crippen molar-refractivity contribution in [3.8, 4) is 0 Å². The number of fused-ring (bicyclic) bond motifs is 4. The van der Waals surface area contributed by atoms with E-state index in [2.05, 4.69) is 19.2 Å².